The number of hydrogen-bond donors (Lipinski definition) is 2. The van der Waals surface area contributed by atoms with Crippen LogP contribution in [0.4, 0.5) is 0 Å². The molecule has 2 rings (SSSR count). The van der Waals surface area contributed by atoms with Crippen LogP contribution in [0.3, 0.4) is 0 Å². The molecule has 0 aliphatic rings. The summed E-state index contributed by atoms with van der Waals surface area (Å²) in [6.07, 6.45) is 0.998. The molecule has 0 saturated carbocycles. The van der Waals surface area contributed by atoms with Crippen molar-refractivity contribution >= 4 is 23.2 Å². The lowest BCUT2D eigenvalue weighted by molar-refractivity contribution is -0.121. The van der Waals surface area contributed by atoms with E-state index in [1.54, 1.807) is 18.6 Å². The Hall–Kier alpha value is -2.18. The highest BCUT2D eigenvalue weighted by molar-refractivity contribution is 7.08. The Kier molecular flexibility index (Phi) is 7.45. The standard InChI is InChI=1S/C18H22N2O3S/c1-23-12-15-6-3-2-5-14(15)11-20-17(21)7-4-9-19-18(22)16-8-10-24-13-16/h2-3,5-6,8,10,13H,4,7,9,11-12H2,1H3,(H,19,22)(H,20,21). The van der Waals surface area contributed by atoms with Crippen LogP contribution in [0.15, 0.2) is 41.1 Å². The maximum Gasteiger partial charge on any atom is 0.252 e. The van der Waals surface area contributed by atoms with Crippen LogP contribution in [0.1, 0.15) is 34.3 Å². The zero-order valence-electron chi connectivity index (χ0n) is 13.7. The molecule has 0 unspecified atom stereocenters. The van der Waals surface area contributed by atoms with E-state index in [1.165, 1.54) is 11.3 Å². The third-order valence-corrected chi connectivity index (χ3v) is 4.23. The Morgan fingerprint density at radius 2 is 1.92 bits per heavy atom. The molecule has 1 heterocycles. The van der Waals surface area contributed by atoms with E-state index in [0.29, 0.717) is 38.1 Å². The zero-order valence-corrected chi connectivity index (χ0v) is 14.5. The van der Waals surface area contributed by atoms with Crippen LogP contribution < -0.4 is 10.6 Å². The molecule has 0 aliphatic heterocycles. The van der Waals surface area contributed by atoms with Crippen molar-refractivity contribution in [1.29, 1.82) is 0 Å². The first kappa shape index (κ1) is 18.2. The third kappa shape index (κ3) is 5.79. The minimum atomic E-state index is -0.0925. The van der Waals surface area contributed by atoms with Gasteiger partial charge < -0.3 is 15.4 Å². The number of hydrogen-bond acceptors (Lipinski definition) is 4. The average Bonchev–Trinajstić information content (AvgIpc) is 3.13. The van der Waals surface area contributed by atoms with Gasteiger partial charge in [0.05, 0.1) is 6.61 Å². The number of carbonyl (C=O) groups excluding carboxylic acids is 2. The van der Waals surface area contributed by atoms with Crippen molar-refractivity contribution < 1.29 is 14.3 Å². The number of benzene rings is 1. The fraction of sp³-hybridized carbons (Fsp3) is 0.333. The molecule has 6 heteroatoms. The van der Waals surface area contributed by atoms with Gasteiger partial charge in [0, 0.05) is 37.6 Å². The largest absolute Gasteiger partial charge is 0.380 e. The predicted molar refractivity (Wildman–Crippen MR) is 94.9 cm³/mol. The monoisotopic (exact) mass is 346 g/mol. The molecule has 128 valence electrons. The molecule has 2 aromatic rings. The van der Waals surface area contributed by atoms with Crippen LogP contribution in [0, 0.1) is 0 Å². The van der Waals surface area contributed by atoms with Gasteiger partial charge in [-0.1, -0.05) is 24.3 Å². The number of thiophene rings is 1. The lowest BCUT2D eigenvalue weighted by Gasteiger charge is -2.10. The summed E-state index contributed by atoms with van der Waals surface area (Å²) in [5.74, 6) is -0.114. The van der Waals surface area contributed by atoms with Crippen LogP contribution in [-0.2, 0) is 22.7 Å². The summed E-state index contributed by atoms with van der Waals surface area (Å²) in [6.45, 7) is 1.50. The van der Waals surface area contributed by atoms with Gasteiger partial charge >= 0.3 is 0 Å². The number of amides is 2. The minimum Gasteiger partial charge on any atom is -0.380 e. The van der Waals surface area contributed by atoms with E-state index in [0.717, 1.165) is 11.1 Å². The van der Waals surface area contributed by atoms with E-state index in [9.17, 15) is 9.59 Å². The molecule has 5 nitrogen and oxygen atoms in total. The Labute approximate surface area is 146 Å². The molecular weight excluding hydrogens is 324 g/mol. The van der Waals surface area contributed by atoms with Gasteiger partial charge in [-0.05, 0) is 29.0 Å². The molecule has 0 saturated heterocycles. The molecule has 2 N–H and O–H groups in total. The minimum absolute atomic E-state index is 0.0213. The average molecular weight is 346 g/mol. The van der Waals surface area contributed by atoms with Gasteiger partial charge in [-0.15, -0.1) is 0 Å². The summed E-state index contributed by atoms with van der Waals surface area (Å²) >= 11 is 1.49. The van der Waals surface area contributed by atoms with E-state index < -0.39 is 0 Å². The molecule has 0 bridgehead atoms. The molecular formula is C18H22N2O3S. The maximum absolute atomic E-state index is 11.9. The second kappa shape index (κ2) is 9.85. The Balaban J connectivity index is 1.66. The van der Waals surface area contributed by atoms with Crippen LogP contribution in [-0.4, -0.2) is 25.5 Å². The van der Waals surface area contributed by atoms with Crippen molar-refractivity contribution in [1.82, 2.24) is 10.6 Å². The first-order valence-electron chi connectivity index (χ1n) is 7.83. The summed E-state index contributed by atoms with van der Waals surface area (Å²) in [5, 5.41) is 9.39. The number of nitrogens with one attached hydrogen (secondary N) is 2. The van der Waals surface area contributed by atoms with Crippen molar-refractivity contribution in [2.75, 3.05) is 13.7 Å². The van der Waals surface area contributed by atoms with Gasteiger partial charge in [-0.25, -0.2) is 0 Å². The van der Waals surface area contributed by atoms with E-state index in [1.807, 2.05) is 29.6 Å². The lowest BCUT2D eigenvalue weighted by atomic mass is 10.1. The molecule has 0 aliphatic carbocycles. The molecule has 24 heavy (non-hydrogen) atoms. The van der Waals surface area contributed by atoms with Crippen LogP contribution in [0.2, 0.25) is 0 Å². The third-order valence-electron chi connectivity index (χ3n) is 3.54. The topological polar surface area (TPSA) is 67.4 Å². The highest BCUT2D eigenvalue weighted by Gasteiger charge is 2.07. The van der Waals surface area contributed by atoms with E-state index in [2.05, 4.69) is 10.6 Å². The smallest absolute Gasteiger partial charge is 0.252 e. The zero-order chi connectivity index (χ0) is 17.2. The quantitative estimate of drug-likeness (QED) is 0.686. The van der Waals surface area contributed by atoms with Gasteiger partial charge in [-0.3, -0.25) is 9.59 Å². The Morgan fingerprint density at radius 1 is 1.12 bits per heavy atom. The van der Waals surface area contributed by atoms with Gasteiger partial charge in [0.25, 0.3) is 5.91 Å². The SMILES string of the molecule is COCc1ccccc1CNC(=O)CCCNC(=O)c1ccsc1. The molecule has 0 fully saturated rings. The van der Waals surface area contributed by atoms with E-state index in [4.69, 9.17) is 4.74 Å². The molecule has 1 aromatic carbocycles. The van der Waals surface area contributed by atoms with Crippen molar-refractivity contribution in [3.8, 4) is 0 Å². The summed E-state index contributed by atoms with van der Waals surface area (Å²) in [6, 6.07) is 9.65. The molecule has 0 spiro atoms. The number of ether oxygens (including phenoxy) is 1. The van der Waals surface area contributed by atoms with Crippen molar-refractivity contribution in [2.24, 2.45) is 0 Å². The lowest BCUT2D eigenvalue weighted by Crippen LogP contribution is -2.27. The van der Waals surface area contributed by atoms with Gasteiger partial charge in [0.1, 0.15) is 0 Å². The number of carbonyl (C=O) groups is 2. The van der Waals surface area contributed by atoms with Crippen molar-refractivity contribution in [3.63, 3.8) is 0 Å². The van der Waals surface area contributed by atoms with Gasteiger partial charge in [0.15, 0.2) is 0 Å². The van der Waals surface area contributed by atoms with E-state index in [-0.39, 0.29) is 11.8 Å². The summed E-state index contributed by atoms with van der Waals surface area (Å²) in [4.78, 5) is 23.6. The van der Waals surface area contributed by atoms with Crippen LogP contribution >= 0.6 is 11.3 Å². The first-order chi connectivity index (χ1) is 11.7. The second-order valence-corrected chi connectivity index (χ2v) is 6.13. The molecule has 0 atom stereocenters. The van der Waals surface area contributed by atoms with Crippen LogP contribution in [0.5, 0.6) is 0 Å². The Bertz CT molecular complexity index is 656. The Morgan fingerprint density at radius 3 is 2.62 bits per heavy atom. The fourth-order valence-electron chi connectivity index (χ4n) is 2.26. The molecule has 1 aromatic heterocycles. The predicted octanol–water partition coefficient (Wildman–Crippen LogP) is 2.72. The highest BCUT2D eigenvalue weighted by Crippen LogP contribution is 2.09. The maximum atomic E-state index is 11.9. The number of rotatable bonds is 9. The number of methoxy groups -OCH3 is 1. The normalized spacial score (nSPS) is 10.4. The molecule has 2 amide bonds. The highest BCUT2D eigenvalue weighted by atomic mass is 32.1. The van der Waals surface area contributed by atoms with Crippen molar-refractivity contribution in [3.05, 3.63) is 57.8 Å². The van der Waals surface area contributed by atoms with E-state index >= 15 is 0 Å². The van der Waals surface area contributed by atoms with Crippen molar-refractivity contribution in [2.45, 2.75) is 26.0 Å². The summed E-state index contributed by atoms with van der Waals surface area (Å²) < 4.78 is 5.16. The first-order valence-corrected chi connectivity index (χ1v) is 8.78. The van der Waals surface area contributed by atoms with Gasteiger partial charge in [-0.2, -0.15) is 11.3 Å². The van der Waals surface area contributed by atoms with Gasteiger partial charge in [0.2, 0.25) is 5.91 Å². The molecule has 0 radical (unpaired) electrons. The van der Waals surface area contributed by atoms with Crippen LogP contribution in [0.25, 0.3) is 0 Å². The summed E-state index contributed by atoms with van der Waals surface area (Å²) in [5.41, 5.74) is 2.79. The summed E-state index contributed by atoms with van der Waals surface area (Å²) in [7, 11) is 1.65. The fourth-order valence-corrected chi connectivity index (χ4v) is 2.89. The second-order valence-electron chi connectivity index (χ2n) is 5.35.